The molecule has 146 valence electrons. The number of halogens is 3. The van der Waals surface area contributed by atoms with Crippen molar-refractivity contribution in [2.24, 2.45) is 0 Å². The number of aryl methyl sites for hydroxylation is 1. The summed E-state index contributed by atoms with van der Waals surface area (Å²) in [5, 5.41) is 13.6. The third-order valence-corrected chi connectivity index (χ3v) is 5.35. The van der Waals surface area contributed by atoms with Crippen LogP contribution < -0.4 is 5.32 Å². The lowest BCUT2D eigenvalue weighted by molar-refractivity contribution is -0.112. The van der Waals surface area contributed by atoms with Crippen molar-refractivity contribution in [3.63, 3.8) is 0 Å². The van der Waals surface area contributed by atoms with Crippen LogP contribution in [0.3, 0.4) is 0 Å². The maximum absolute atomic E-state index is 12.5. The lowest BCUT2D eigenvalue weighted by atomic mass is 10.1. The van der Waals surface area contributed by atoms with E-state index in [4.69, 9.17) is 34.8 Å². The predicted molar refractivity (Wildman–Crippen MR) is 119 cm³/mol. The van der Waals surface area contributed by atoms with Gasteiger partial charge in [0.1, 0.15) is 11.6 Å². The van der Waals surface area contributed by atoms with Crippen molar-refractivity contribution in [3.05, 3.63) is 86.1 Å². The highest BCUT2D eigenvalue weighted by atomic mass is 35.5. The Bertz CT molecular complexity index is 1170. The van der Waals surface area contributed by atoms with Gasteiger partial charge >= 0.3 is 0 Å². The number of aromatic nitrogens is 1. The second kappa shape index (κ2) is 8.75. The molecule has 0 fully saturated rings. The van der Waals surface area contributed by atoms with Crippen LogP contribution in [0, 0.1) is 25.2 Å². The maximum atomic E-state index is 12.5. The van der Waals surface area contributed by atoms with Gasteiger partial charge in [-0.1, -0.05) is 40.9 Å². The fraction of sp³-hybridized carbons (Fsp3) is 0.0909. The molecule has 0 aliphatic rings. The first-order chi connectivity index (χ1) is 13.8. The molecule has 1 heterocycles. The van der Waals surface area contributed by atoms with E-state index in [-0.39, 0.29) is 5.57 Å². The number of rotatable bonds is 4. The summed E-state index contributed by atoms with van der Waals surface area (Å²) in [6, 6.07) is 16.0. The largest absolute Gasteiger partial charge is 0.321 e. The van der Waals surface area contributed by atoms with Crippen molar-refractivity contribution in [1.29, 1.82) is 5.26 Å². The first-order valence-corrected chi connectivity index (χ1v) is 9.76. The summed E-state index contributed by atoms with van der Waals surface area (Å²) in [4.78, 5) is 12.5. The molecular formula is C22H16Cl3N3O. The smallest absolute Gasteiger partial charge is 0.266 e. The quantitative estimate of drug-likeness (QED) is 0.364. The molecule has 1 amide bonds. The summed E-state index contributed by atoms with van der Waals surface area (Å²) in [5.41, 5.74) is 3.90. The molecule has 0 radical (unpaired) electrons. The zero-order chi connectivity index (χ0) is 21.1. The van der Waals surface area contributed by atoms with Gasteiger partial charge in [0.15, 0.2) is 0 Å². The number of hydrogen-bond acceptors (Lipinski definition) is 2. The molecule has 3 aromatic rings. The highest BCUT2D eigenvalue weighted by Gasteiger charge is 2.14. The Kier molecular flexibility index (Phi) is 6.34. The van der Waals surface area contributed by atoms with E-state index in [1.165, 1.54) is 0 Å². The van der Waals surface area contributed by atoms with E-state index >= 15 is 0 Å². The Balaban J connectivity index is 1.95. The lowest BCUT2D eigenvalue weighted by Crippen LogP contribution is -2.13. The van der Waals surface area contributed by atoms with Gasteiger partial charge in [-0.2, -0.15) is 5.26 Å². The predicted octanol–water partition coefficient (Wildman–Crippen LogP) is 6.60. The van der Waals surface area contributed by atoms with Crippen molar-refractivity contribution >= 4 is 52.5 Å². The first-order valence-electron chi connectivity index (χ1n) is 8.63. The average molecular weight is 445 g/mol. The van der Waals surface area contributed by atoms with E-state index < -0.39 is 5.91 Å². The molecule has 2 aromatic carbocycles. The molecule has 1 aromatic heterocycles. The van der Waals surface area contributed by atoms with Gasteiger partial charge < -0.3 is 9.88 Å². The number of carbonyl (C=O) groups excluding carboxylic acids is 1. The van der Waals surface area contributed by atoms with Gasteiger partial charge in [0.05, 0.1) is 10.0 Å². The topological polar surface area (TPSA) is 57.8 Å². The fourth-order valence-electron chi connectivity index (χ4n) is 3.02. The van der Waals surface area contributed by atoms with Crippen LogP contribution in [0.1, 0.15) is 17.0 Å². The van der Waals surface area contributed by atoms with Crippen LogP contribution in [-0.4, -0.2) is 10.5 Å². The molecule has 7 heteroatoms. The number of nitrogens with one attached hydrogen (secondary N) is 1. The summed E-state index contributed by atoms with van der Waals surface area (Å²) in [6.45, 7) is 3.84. The highest BCUT2D eigenvalue weighted by molar-refractivity contribution is 6.42. The Labute approximate surface area is 183 Å². The normalized spacial score (nSPS) is 11.2. The number of benzene rings is 2. The first kappa shape index (κ1) is 21.0. The van der Waals surface area contributed by atoms with Crippen LogP contribution in [0.4, 0.5) is 5.69 Å². The van der Waals surface area contributed by atoms with Crippen molar-refractivity contribution in [1.82, 2.24) is 4.57 Å². The van der Waals surface area contributed by atoms with Crippen molar-refractivity contribution in [2.75, 3.05) is 5.32 Å². The molecule has 4 nitrogen and oxygen atoms in total. The lowest BCUT2D eigenvalue weighted by Gasteiger charge is -2.10. The Morgan fingerprint density at radius 3 is 2.48 bits per heavy atom. The molecule has 0 atom stereocenters. The summed E-state index contributed by atoms with van der Waals surface area (Å²) in [7, 11) is 0. The second-order valence-electron chi connectivity index (χ2n) is 6.39. The zero-order valence-electron chi connectivity index (χ0n) is 15.6. The van der Waals surface area contributed by atoms with Crippen LogP contribution in [-0.2, 0) is 4.79 Å². The van der Waals surface area contributed by atoms with E-state index in [2.05, 4.69) is 5.32 Å². The summed E-state index contributed by atoms with van der Waals surface area (Å²) in [5.74, 6) is -0.505. The summed E-state index contributed by atoms with van der Waals surface area (Å²) in [6.07, 6.45) is 1.57. The Morgan fingerprint density at radius 2 is 1.83 bits per heavy atom. The van der Waals surface area contributed by atoms with Crippen LogP contribution in [0.25, 0.3) is 11.8 Å². The summed E-state index contributed by atoms with van der Waals surface area (Å²) < 4.78 is 1.98. The monoisotopic (exact) mass is 443 g/mol. The SMILES string of the molecule is Cc1cc(/C=C(\C#N)C(=O)Nc2cccc(Cl)c2)c(C)n1-c1ccc(Cl)c(Cl)c1. The number of nitriles is 1. The third kappa shape index (κ3) is 4.65. The molecule has 29 heavy (non-hydrogen) atoms. The fourth-order valence-corrected chi connectivity index (χ4v) is 3.51. The molecular weight excluding hydrogens is 429 g/mol. The molecule has 0 saturated heterocycles. The van der Waals surface area contributed by atoms with Gasteiger partial charge in [-0.05, 0) is 68.0 Å². The highest BCUT2D eigenvalue weighted by Crippen LogP contribution is 2.28. The van der Waals surface area contributed by atoms with Crippen LogP contribution >= 0.6 is 34.8 Å². The number of amides is 1. The van der Waals surface area contributed by atoms with Gasteiger partial charge in [0.25, 0.3) is 5.91 Å². The molecule has 0 saturated carbocycles. The van der Waals surface area contributed by atoms with Crippen LogP contribution in [0.5, 0.6) is 0 Å². The minimum atomic E-state index is -0.505. The number of hydrogen-bond donors (Lipinski definition) is 1. The number of nitrogens with zero attached hydrogens (tertiary/aromatic N) is 2. The average Bonchev–Trinajstić information content (AvgIpc) is 2.95. The third-order valence-electron chi connectivity index (χ3n) is 4.38. The van der Waals surface area contributed by atoms with E-state index in [0.29, 0.717) is 20.8 Å². The van der Waals surface area contributed by atoms with Crippen LogP contribution in [0.2, 0.25) is 15.1 Å². The van der Waals surface area contributed by atoms with Crippen molar-refractivity contribution in [2.45, 2.75) is 13.8 Å². The minimum Gasteiger partial charge on any atom is -0.321 e. The van der Waals surface area contributed by atoms with Gasteiger partial charge in [-0.15, -0.1) is 0 Å². The van der Waals surface area contributed by atoms with Crippen molar-refractivity contribution in [3.8, 4) is 11.8 Å². The molecule has 0 aliphatic heterocycles. The van der Waals surface area contributed by atoms with E-state index in [1.54, 1.807) is 42.5 Å². The number of carbonyl (C=O) groups is 1. The van der Waals surface area contributed by atoms with Crippen molar-refractivity contribution < 1.29 is 4.79 Å². The molecule has 0 unspecified atom stereocenters. The molecule has 0 aliphatic carbocycles. The zero-order valence-corrected chi connectivity index (χ0v) is 17.9. The molecule has 1 N–H and O–H groups in total. The van der Waals surface area contributed by atoms with Gasteiger partial charge in [0, 0.05) is 27.8 Å². The number of anilines is 1. The molecule has 3 rings (SSSR count). The standard InChI is InChI=1S/C22H16Cl3N3O/c1-13-8-15(14(2)28(13)19-6-7-20(24)21(25)11-19)9-16(12-26)22(29)27-18-5-3-4-17(23)10-18/h3-11H,1-2H3,(H,27,29)/b16-9+. The second-order valence-corrected chi connectivity index (χ2v) is 7.65. The van der Waals surface area contributed by atoms with E-state index in [0.717, 1.165) is 22.6 Å². The minimum absolute atomic E-state index is 0.0145. The maximum Gasteiger partial charge on any atom is 0.266 e. The van der Waals surface area contributed by atoms with E-state index in [1.807, 2.05) is 36.6 Å². The van der Waals surface area contributed by atoms with Gasteiger partial charge in [0.2, 0.25) is 0 Å². The van der Waals surface area contributed by atoms with Gasteiger partial charge in [-0.25, -0.2) is 0 Å². The van der Waals surface area contributed by atoms with Crippen LogP contribution in [0.15, 0.2) is 54.1 Å². The van der Waals surface area contributed by atoms with E-state index in [9.17, 15) is 10.1 Å². The van der Waals surface area contributed by atoms with Gasteiger partial charge in [-0.3, -0.25) is 4.79 Å². The Morgan fingerprint density at radius 1 is 1.07 bits per heavy atom. The molecule has 0 spiro atoms. The Hall–Kier alpha value is -2.71. The summed E-state index contributed by atoms with van der Waals surface area (Å²) >= 11 is 18.1. The molecule has 0 bridgehead atoms.